The Balaban J connectivity index is 1.82. The molecule has 0 aromatic heterocycles. The van der Waals surface area contributed by atoms with E-state index in [2.05, 4.69) is 24.3 Å². The zero-order valence-electron chi connectivity index (χ0n) is 12.3. The summed E-state index contributed by atoms with van der Waals surface area (Å²) < 4.78 is 0. The summed E-state index contributed by atoms with van der Waals surface area (Å²) in [4.78, 5) is 0. The van der Waals surface area contributed by atoms with Crippen molar-refractivity contribution >= 4 is 11.6 Å². The maximum absolute atomic E-state index is 10.6. The van der Waals surface area contributed by atoms with Gasteiger partial charge in [0.05, 0.1) is 6.10 Å². The molecule has 0 heterocycles. The third kappa shape index (κ3) is 3.14. The van der Waals surface area contributed by atoms with Crippen LogP contribution < -0.4 is 0 Å². The van der Waals surface area contributed by atoms with Crippen LogP contribution in [0.15, 0.2) is 42.5 Å². The van der Waals surface area contributed by atoms with Gasteiger partial charge in [0, 0.05) is 5.02 Å². The SMILES string of the molecule is Cc1ccc(Cl)cc1C(O)CC1CCCc2ccccc21. The number of hydrogen-bond donors (Lipinski definition) is 1. The molecule has 1 nitrogen and oxygen atoms in total. The number of aliphatic hydroxyl groups excluding tert-OH is 1. The van der Waals surface area contributed by atoms with E-state index in [1.54, 1.807) is 0 Å². The van der Waals surface area contributed by atoms with Gasteiger partial charge in [-0.1, -0.05) is 41.9 Å². The molecule has 1 aliphatic carbocycles. The lowest BCUT2D eigenvalue weighted by Crippen LogP contribution is -2.13. The van der Waals surface area contributed by atoms with Gasteiger partial charge < -0.3 is 5.11 Å². The number of halogens is 1. The van der Waals surface area contributed by atoms with Gasteiger partial charge in [0.2, 0.25) is 0 Å². The van der Waals surface area contributed by atoms with Crippen LogP contribution in [0.2, 0.25) is 5.02 Å². The first-order valence-corrected chi connectivity index (χ1v) is 8.05. The van der Waals surface area contributed by atoms with E-state index < -0.39 is 6.10 Å². The normalized spacial score (nSPS) is 19.1. The second-order valence-corrected chi connectivity index (χ2v) is 6.48. The Hall–Kier alpha value is -1.31. The Kier molecular flexibility index (Phi) is 4.32. The predicted octanol–water partition coefficient (Wildman–Crippen LogP) is 5.19. The summed E-state index contributed by atoms with van der Waals surface area (Å²) in [6.07, 6.45) is 3.87. The van der Waals surface area contributed by atoms with Crippen molar-refractivity contribution < 1.29 is 5.11 Å². The summed E-state index contributed by atoms with van der Waals surface area (Å²) in [5, 5.41) is 11.3. The van der Waals surface area contributed by atoms with E-state index in [1.165, 1.54) is 24.0 Å². The number of hydrogen-bond acceptors (Lipinski definition) is 1. The van der Waals surface area contributed by atoms with Crippen molar-refractivity contribution in [2.24, 2.45) is 0 Å². The summed E-state index contributed by atoms with van der Waals surface area (Å²) in [6, 6.07) is 14.4. The molecule has 2 aromatic carbocycles. The molecule has 2 atom stereocenters. The van der Waals surface area contributed by atoms with Crippen LogP contribution in [0.25, 0.3) is 0 Å². The molecular formula is C19H21ClO. The Morgan fingerprint density at radius 1 is 1.24 bits per heavy atom. The van der Waals surface area contributed by atoms with E-state index in [0.717, 1.165) is 24.0 Å². The standard InChI is InChI=1S/C19H21ClO/c1-13-9-10-16(20)12-18(13)19(21)11-15-7-4-6-14-5-2-3-8-17(14)15/h2-3,5,8-10,12,15,19,21H,4,6-7,11H2,1H3. The van der Waals surface area contributed by atoms with Crippen LogP contribution in [0.1, 0.15) is 53.5 Å². The molecule has 2 unspecified atom stereocenters. The monoisotopic (exact) mass is 300 g/mol. The maximum Gasteiger partial charge on any atom is 0.0799 e. The first kappa shape index (κ1) is 14.6. The minimum Gasteiger partial charge on any atom is -0.388 e. The van der Waals surface area contributed by atoms with Crippen molar-refractivity contribution in [3.63, 3.8) is 0 Å². The van der Waals surface area contributed by atoms with Gasteiger partial charge in [-0.05, 0) is 72.9 Å². The van der Waals surface area contributed by atoms with Gasteiger partial charge in [-0.2, -0.15) is 0 Å². The molecule has 110 valence electrons. The highest BCUT2D eigenvalue weighted by Crippen LogP contribution is 2.38. The molecule has 0 fully saturated rings. The molecule has 2 aromatic rings. The van der Waals surface area contributed by atoms with E-state index in [1.807, 2.05) is 25.1 Å². The van der Waals surface area contributed by atoms with E-state index >= 15 is 0 Å². The minimum absolute atomic E-state index is 0.445. The first-order valence-electron chi connectivity index (χ1n) is 7.67. The Morgan fingerprint density at radius 2 is 2.05 bits per heavy atom. The number of benzene rings is 2. The van der Waals surface area contributed by atoms with Crippen molar-refractivity contribution in [3.8, 4) is 0 Å². The number of rotatable bonds is 3. The van der Waals surface area contributed by atoms with Gasteiger partial charge in [0.15, 0.2) is 0 Å². The zero-order chi connectivity index (χ0) is 14.8. The largest absolute Gasteiger partial charge is 0.388 e. The molecule has 1 N–H and O–H groups in total. The summed E-state index contributed by atoms with van der Waals surface area (Å²) >= 11 is 6.07. The van der Waals surface area contributed by atoms with Crippen molar-refractivity contribution in [1.29, 1.82) is 0 Å². The number of aliphatic hydroxyl groups is 1. The van der Waals surface area contributed by atoms with Crippen molar-refractivity contribution in [2.45, 2.75) is 44.6 Å². The summed E-state index contributed by atoms with van der Waals surface area (Å²) in [6.45, 7) is 2.03. The third-order valence-corrected chi connectivity index (χ3v) is 4.84. The quantitative estimate of drug-likeness (QED) is 0.827. The van der Waals surface area contributed by atoms with Gasteiger partial charge in [0.1, 0.15) is 0 Å². The highest BCUT2D eigenvalue weighted by molar-refractivity contribution is 6.30. The van der Waals surface area contributed by atoms with Crippen molar-refractivity contribution in [3.05, 3.63) is 69.7 Å². The topological polar surface area (TPSA) is 20.2 Å². The molecule has 0 amide bonds. The molecule has 0 saturated carbocycles. The molecule has 21 heavy (non-hydrogen) atoms. The van der Waals surface area contributed by atoms with Gasteiger partial charge in [-0.15, -0.1) is 0 Å². The molecule has 2 heteroatoms. The van der Waals surface area contributed by atoms with Gasteiger partial charge in [-0.25, -0.2) is 0 Å². The second-order valence-electron chi connectivity index (χ2n) is 6.04. The van der Waals surface area contributed by atoms with Crippen LogP contribution in [-0.4, -0.2) is 5.11 Å². The predicted molar refractivity (Wildman–Crippen MR) is 87.9 cm³/mol. The average Bonchev–Trinajstić information content (AvgIpc) is 2.50. The summed E-state index contributed by atoms with van der Waals surface area (Å²) in [5.41, 5.74) is 4.94. The molecule has 0 bridgehead atoms. The second kappa shape index (κ2) is 6.21. The minimum atomic E-state index is -0.445. The highest BCUT2D eigenvalue weighted by Gasteiger charge is 2.23. The number of fused-ring (bicyclic) bond motifs is 1. The van der Waals surface area contributed by atoms with Crippen LogP contribution in [0, 0.1) is 6.92 Å². The van der Waals surface area contributed by atoms with E-state index in [4.69, 9.17) is 11.6 Å². The highest BCUT2D eigenvalue weighted by atomic mass is 35.5. The summed E-state index contributed by atoms with van der Waals surface area (Å²) in [5.74, 6) is 0.448. The Bertz CT molecular complexity index is 635. The molecular weight excluding hydrogens is 280 g/mol. The fraction of sp³-hybridized carbons (Fsp3) is 0.368. The van der Waals surface area contributed by atoms with Crippen LogP contribution in [0.5, 0.6) is 0 Å². The number of aryl methyl sites for hydroxylation is 2. The first-order chi connectivity index (χ1) is 10.1. The lowest BCUT2D eigenvalue weighted by atomic mass is 9.79. The fourth-order valence-corrected chi connectivity index (χ4v) is 3.65. The van der Waals surface area contributed by atoms with Crippen molar-refractivity contribution in [1.82, 2.24) is 0 Å². The molecule has 0 spiro atoms. The van der Waals surface area contributed by atoms with Crippen LogP contribution in [0.4, 0.5) is 0 Å². The van der Waals surface area contributed by atoms with Gasteiger partial charge in [-0.3, -0.25) is 0 Å². The molecule has 0 aliphatic heterocycles. The lowest BCUT2D eigenvalue weighted by molar-refractivity contribution is 0.153. The van der Waals surface area contributed by atoms with E-state index in [9.17, 15) is 5.11 Å². The van der Waals surface area contributed by atoms with Crippen LogP contribution >= 0.6 is 11.6 Å². The zero-order valence-corrected chi connectivity index (χ0v) is 13.1. The average molecular weight is 301 g/mol. The molecule has 0 saturated heterocycles. The Labute approximate surface area is 131 Å². The summed E-state index contributed by atoms with van der Waals surface area (Å²) in [7, 11) is 0. The molecule has 0 radical (unpaired) electrons. The van der Waals surface area contributed by atoms with E-state index in [-0.39, 0.29) is 0 Å². The van der Waals surface area contributed by atoms with E-state index in [0.29, 0.717) is 10.9 Å². The fourth-order valence-electron chi connectivity index (χ4n) is 3.47. The molecule has 1 aliphatic rings. The van der Waals surface area contributed by atoms with Crippen LogP contribution in [-0.2, 0) is 6.42 Å². The van der Waals surface area contributed by atoms with Crippen LogP contribution in [0.3, 0.4) is 0 Å². The third-order valence-electron chi connectivity index (χ3n) is 4.60. The Morgan fingerprint density at radius 3 is 2.90 bits per heavy atom. The van der Waals surface area contributed by atoms with Gasteiger partial charge in [0.25, 0.3) is 0 Å². The lowest BCUT2D eigenvalue weighted by Gasteiger charge is -2.28. The maximum atomic E-state index is 10.6. The molecule has 3 rings (SSSR count). The smallest absolute Gasteiger partial charge is 0.0799 e. The van der Waals surface area contributed by atoms with Crippen molar-refractivity contribution in [2.75, 3.05) is 0 Å². The van der Waals surface area contributed by atoms with Gasteiger partial charge >= 0.3 is 0 Å².